The van der Waals surface area contributed by atoms with Crippen LogP contribution < -0.4 is 5.32 Å². The van der Waals surface area contributed by atoms with Gasteiger partial charge in [0.1, 0.15) is 5.82 Å². The van der Waals surface area contributed by atoms with Gasteiger partial charge in [0.2, 0.25) is 5.95 Å². The molecule has 1 atom stereocenters. The van der Waals surface area contributed by atoms with Crippen LogP contribution in [0.25, 0.3) is 11.0 Å². The fourth-order valence-electron chi connectivity index (χ4n) is 1.49. The number of H-pyrrole nitrogens is 1. The maximum Gasteiger partial charge on any atom is 0.201 e. The van der Waals surface area contributed by atoms with Gasteiger partial charge < -0.3 is 10.3 Å². The molecule has 1 aromatic carbocycles. The molecule has 0 radical (unpaired) electrons. The van der Waals surface area contributed by atoms with Crippen molar-refractivity contribution >= 4 is 28.6 Å². The van der Waals surface area contributed by atoms with Crippen LogP contribution in [0, 0.1) is 5.82 Å². The smallest absolute Gasteiger partial charge is 0.201 e. The summed E-state index contributed by atoms with van der Waals surface area (Å²) < 4.78 is 13.0. The minimum absolute atomic E-state index is 0.173. The van der Waals surface area contributed by atoms with Crippen LogP contribution in [0.3, 0.4) is 0 Å². The number of anilines is 1. The molecule has 0 aliphatic rings. The van der Waals surface area contributed by atoms with Gasteiger partial charge in [0.15, 0.2) is 0 Å². The zero-order chi connectivity index (χ0) is 11.5. The summed E-state index contributed by atoms with van der Waals surface area (Å²) in [5.41, 5.74) is 1.43. The average molecular weight is 242 g/mol. The summed E-state index contributed by atoms with van der Waals surface area (Å²) in [5, 5.41) is 3.17. The van der Waals surface area contributed by atoms with Crippen molar-refractivity contribution in [3.05, 3.63) is 24.0 Å². The number of imidazole rings is 1. The number of aromatic amines is 1. The molecule has 2 rings (SSSR count). The lowest BCUT2D eigenvalue weighted by atomic mass is 10.3. The lowest BCUT2D eigenvalue weighted by Crippen LogP contribution is -2.20. The van der Waals surface area contributed by atoms with E-state index in [1.165, 1.54) is 12.1 Å². The molecule has 16 heavy (non-hydrogen) atoms. The van der Waals surface area contributed by atoms with Crippen molar-refractivity contribution in [1.29, 1.82) is 0 Å². The summed E-state index contributed by atoms with van der Waals surface area (Å²) in [4.78, 5) is 7.31. The van der Waals surface area contributed by atoms with E-state index >= 15 is 0 Å². The second-order valence-corrected chi connectivity index (χ2v) is 3.96. The second kappa shape index (κ2) is 4.70. The molecule has 0 saturated carbocycles. The van der Waals surface area contributed by atoms with Gasteiger partial charge in [-0.05, 0) is 24.6 Å². The van der Waals surface area contributed by atoms with Gasteiger partial charge in [0.25, 0.3) is 0 Å². The van der Waals surface area contributed by atoms with E-state index in [0.717, 1.165) is 11.9 Å². The Balaban J connectivity index is 2.25. The minimum atomic E-state index is -0.271. The van der Waals surface area contributed by atoms with Crippen LogP contribution in [-0.2, 0) is 0 Å². The Morgan fingerprint density at radius 1 is 1.56 bits per heavy atom. The maximum atomic E-state index is 13.0. The van der Waals surface area contributed by atoms with Crippen LogP contribution in [0.5, 0.6) is 0 Å². The molecule has 0 spiro atoms. The highest BCUT2D eigenvalue weighted by Gasteiger charge is 2.08. The molecule has 0 amide bonds. The van der Waals surface area contributed by atoms with E-state index < -0.39 is 0 Å². The van der Waals surface area contributed by atoms with Gasteiger partial charge in [-0.25, -0.2) is 9.37 Å². The number of nitrogens with one attached hydrogen (secondary N) is 2. The van der Waals surface area contributed by atoms with E-state index in [1.54, 1.807) is 6.07 Å². The van der Waals surface area contributed by atoms with E-state index in [2.05, 4.69) is 15.3 Å². The highest BCUT2D eigenvalue weighted by atomic mass is 35.5. The number of halogens is 2. The van der Waals surface area contributed by atoms with E-state index in [1.807, 2.05) is 6.92 Å². The molecule has 0 saturated heterocycles. The van der Waals surface area contributed by atoms with Crippen LogP contribution in [0.2, 0.25) is 0 Å². The molecule has 0 bridgehead atoms. The van der Waals surface area contributed by atoms with Crippen molar-refractivity contribution in [1.82, 2.24) is 9.97 Å². The van der Waals surface area contributed by atoms with Crippen molar-refractivity contribution in [3.63, 3.8) is 0 Å². The largest absolute Gasteiger partial charge is 0.352 e. The summed E-state index contributed by atoms with van der Waals surface area (Å²) in [6.07, 6.45) is 0.912. The number of aromatic nitrogens is 2. The summed E-state index contributed by atoms with van der Waals surface area (Å²) in [6, 6.07) is 4.64. The van der Waals surface area contributed by atoms with Gasteiger partial charge >= 0.3 is 0 Å². The standard InChI is InChI=1S/C11H13ClFN3/c1-2-8(6-12)14-11-15-9-4-3-7(13)5-10(9)16-11/h3-5,8H,2,6H2,1H3,(H2,14,15,16). The quantitative estimate of drug-likeness (QED) is 0.808. The first-order valence-corrected chi connectivity index (χ1v) is 5.74. The maximum absolute atomic E-state index is 13.0. The summed E-state index contributed by atoms with van der Waals surface area (Å²) in [6.45, 7) is 2.04. The number of hydrogen-bond acceptors (Lipinski definition) is 2. The molecule has 0 aliphatic heterocycles. The molecular weight excluding hydrogens is 229 g/mol. The van der Waals surface area contributed by atoms with Crippen molar-refractivity contribution in [2.24, 2.45) is 0 Å². The normalized spacial score (nSPS) is 12.9. The Kier molecular flexibility index (Phi) is 3.29. The Hall–Kier alpha value is -1.29. The number of alkyl halides is 1. The third-order valence-corrected chi connectivity index (χ3v) is 2.84. The zero-order valence-corrected chi connectivity index (χ0v) is 9.68. The van der Waals surface area contributed by atoms with Gasteiger partial charge in [-0.2, -0.15) is 0 Å². The lowest BCUT2D eigenvalue weighted by molar-refractivity contribution is 0.629. The van der Waals surface area contributed by atoms with Gasteiger partial charge in [0, 0.05) is 11.9 Å². The van der Waals surface area contributed by atoms with E-state index in [-0.39, 0.29) is 11.9 Å². The average Bonchev–Trinajstić information content (AvgIpc) is 2.67. The Morgan fingerprint density at radius 2 is 2.38 bits per heavy atom. The topological polar surface area (TPSA) is 40.7 Å². The number of benzene rings is 1. The van der Waals surface area contributed by atoms with E-state index in [9.17, 15) is 4.39 Å². The molecular formula is C11H13ClFN3. The first kappa shape index (κ1) is 11.2. The number of hydrogen-bond donors (Lipinski definition) is 2. The first-order valence-electron chi connectivity index (χ1n) is 5.20. The monoisotopic (exact) mass is 241 g/mol. The SMILES string of the molecule is CCC(CCl)Nc1nc2ccc(F)cc2[nH]1. The third kappa shape index (κ3) is 2.27. The van der Waals surface area contributed by atoms with Crippen LogP contribution >= 0.6 is 11.6 Å². The minimum Gasteiger partial charge on any atom is -0.352 e. The molecule has 0 aliphatic carbocycles. The van der Waals surface area contributed by atoms with Gasteiger partial charge in [-0.3, -0.25) is 0 Å². The molecule has 2 N–H and O–H groups in total. The first-order chi connectivity index (χ1) is 7.72. The van der Waals surface area contributed by atoms with Crippen molar-refractivity contribution in [2.75, 3.05) is 11.2 Å². The Labute approximate surface area is 98.0 Å². The fraction of sp³-hybridized carbons (Fsp3) is 0.364. The van der Waals surface area contributed by atoms with Crippen LogP contribution in [-0.4, -0.2) is 21.9 Å². The number of fused-ring (bicyclic) bond motifs is 1. The zero-order valence-electron chi connectivity index (χ0n) is 8.93. The van der Waals surface area contributed by atoms with Crippen molar-refractivity contribution in [3.8, 4) is 0 Å². The van der Waals surface area contributed by atoms with E-state index in [0.29, 0.717) is 17.3 Å². The number of nitrogens with zero attached hydrogens (tertiary/aromatic N) is 1. The predicted molar refractivity (Wildman–Crippen MR) is 64.5 cm³/mol. The molecule has 0 fully saturated rings. The van der Waals surface area contributed by atoms with Crippen molar-refractivity contribution in [2.45, 2.75) is 19.4 Å². The summed E-state index contributed by atoms with van der Waals surface area (Å²) >= 11 is 5.78. The summed E-state index contributed by atoms with van der Waals surface area (Å²) in [7, 11) is 0. The molecule has 86 valence electrons. The Morgan fingerprint density at radius 3 is 3.06 bits per heavy atom. The molecule has 1 unspecified atom stereocenters. The lowest BCUT2D eigenvalue weighted by Gasteiger charge is -2.11. The molecule has 5 heteroatoms. The van der Waals surface area contributed by atoms with E-state index in [4.69, 9.17) is 11.6 Å². The second-order valence-electron chi connectivity index (χ2n) is 3.65. The van der Waals surface area contributed by atoms with Gasteiger partial charge in [-0.15, -0.1) is 11.6 Å². The van der Waals surface area contributed by atoms with Crippen LogP contribution in [0.1, 0.15) is 13.3 Å². The van der Waals surface area contributed by atoms with Crippen LogP contribution in [0.15, 0.2) is 18.2 Å². The van der Waals surface area contributed by atoms with Gasteiger partial charge in [0.05, 0.1) is 11.0 Å². The fourth-order valence-corrected chi connectivity index (χ4v) is 1.79. The molecule has 2 aromatic rings. The van der Waals surface area contributed by atoms with Crippen LogP contribution in [0.4, 0.5) is 10.3 Å². The van der Waals surface area contributed by atoms with Gasteiger partial charge in [-0.1, -0.05) is 6.92 Å². The van der Waals surface area contributed by atoms with Crippen molar-refractivity contribution < 1.29 is 4.39 Å². The predicted octanol–water partition coefficient (Wildman–Crippen LogP) is 3.13. The molecule has 1 aromatic heterocycles. The highest BCUT2D eigenvalue weighted by molar-refractivity contribution is 6.18. The molecule has 3 nitrogen and oxygen atoms in total. The number of rotatable bonds is 4. The summed E-state index contributed by atoms with van der Waals surface area (Å²) in [5.74, 6) is 0.877. The highest BCUT2D eigenvalue weighted by Crippen LogP contribution is 2.16. The molecule has 1 heterocycles. The Bertz CT molecular complexity index is 479. The third-order valence-electron chi connectivity index (χ3n) is 2.46.